The largest absolute Gasteiger partial charge is 0.334 e. The zero-order valence-corrected chi connectivity index (χ0v) is 14.5. The predicted octanol–water partition coefficient (Wildman–Crippen LogP) is 3.20. The minimum absolute atomic E-state index is 0.00793. The monoisotopic (exact) mass is 345 g/mol. The Bertz CT molecular complexity index is 1010. The highest BCUT2D eigenvalue weighted by Gasteiger charge is 2.29. The van der Waals surface area contributed by atoms with E-state index in [0.717, 1.165) is 12.8 Å². The second-order valence-electron chi connectivity index (χ2n) is 6.50. The lowest BCUT2D eigenvalue weighted by Gasteiger charge is -2.25. The van der Waals surface area contributed by atoms with Crippen molar-refractivity contribution in [3.63, 3.8) is 0 Å². The van der Waals surface area contributed by atoms with Crippen LogP contribution in [0.4, 0.5) is 0 Å². The Kier molecular flexibility index (Phi) is 4.13. The van der Waals surface area contributed by atoms with Crippen LogP contribution in [0.5, 0.6) is 0 Å². The van der Waals surface area contributed by atoms with Gasteiger partial charge in [-0.3, -0.25) is 14.6 Å². The van der Waals surface area contributed by atoms with Crippen LogP contribution in [0.25, 0.3) is 11.4 Å². The number of nitrogens with zero attached hydrogens (tertiary/aromatic N) is 2. The fraction of sp³-hybridized carbons (Fsp3) is 0.190. The van der Waals surface area contributed by atoms with Gasteiger partial charge in [-0.15, -0.1) is 0 Å². The van der Waals surface area contributed by atoms with Crippen molar-refractivity contribution in [3.8, 4) is 11.4 Å². The fourth-order valence-electron chi connectivity index (χ4n) is 3.58. The molecule has 1 N–H and O–H groups in total. The number of H-pyrrole nitrogens is 1. The van der Waals surface area contributed by atoms with Gasteiger partial charge in [0.1, 0.15) is 5.56 Å². The zero-order chi connectivity index (χ0) is 18.1. The van der Waals surface area contributed by atoms with Crippen LogP contribution in [0.2, 0.25) is 0 Å². The Hall–Kier alpha value is -3.21. The van der Waals surface area contributed by atoms with Crippen molar-refractivity contribution in [1.82, 2.24) is 14.9 Å². The van der Waals surface area contributed by atoms with Gasteiger partial charge in [0.2, 0.25) is 0 Å². The number of benzene rings is 1. The Balaban J connectivity index is 1.62. The Labute approximate surface area is 151 Å². The third-order valence-corrected chi connectivity index (χ3v) is 4.97. The second-order valence-corrected chi connectivity index (χ2v) is 6.50. The molecule has 1 amide bonds. The molecule has 1 aromatic carbocycles. The number of pyridine rings is 2. The van der Waals surface area contributed by atoms with Crippen molar-refractivity contribution in [2.75, 3.05) is 7.05 Å². The van der Waals surface area contributed by atoms with Crippen molar-refractivity contribution in [2.45, 2.75) is 18.9 Å². The lowest BCUT2D eigenvalue weighted by molar-refractivity contribution is 0.0729. The van der Waals surface area contributed by atoms with Crippen LogP contribution in [0.15, 0.2) is 65.6 Å². The summed E-state index contributed by atoms with van der Waals surface area (Å²) in [5.74, 6) is -0.263. The minimum atomic E-state index is -0.392. The maximum atomic E-state index is 12.9. The summed E-state index contributed by atoms with van der Waals surface area (Å²) in [6, 6.07) is 17.0. The Morgan fingerprint density at radius 3 is 2.69 bits per heavy atom. The van der Waals surface area contributed by atoms with Crippen LogP contribution in [0.1, 0.15) is 33.9 Å². The minimum Gasteiger partial charge on any atom is -0.334 e. The second kappa shape index (κ2) is 6.59. The molecule has 5 nitrogen and oxygen atoms in total. The van der Waals surface area contributed by atoms with E-state index in [-0.39, 0.29) is 17.5 Å². The maximum Gasteiger partial charge on any atom is 0.261 e. The average molecular weight is 345 g/mol. The van der Waals surface area contributed by atoms with Crippen LogP contribution >= 0.6 is 0 Å². The quantitative estimate of drug-likeness (QED) is 0.793. The van der Waals surface area contributed by atoms with Crippen molar-refractivity contribution in [3.05, 3.63) is 87.8 Å². The van der Waals surface area contributed by atoms with E-state index >= 15 is 0 Å². The highest BCUT2D eigenvalue weighted by Crippen LogP contribution is 2.35. The lowest BCUT2D eigenvalue weighted by Crippen LogP contribution is -2.34. The van der Waals surface area contributed by atoms with Gasteiger partial charge in [0.15, 0.2) is 0 Å². The van der Waals surface area contributed by atoms with Crippen LogP contribution in [-0.4, -0.2) is 27.8 Å². The molecule has 0 fully saturated rings. The molecule has 1 aliphatic rings. The first-order valence-electron chi connectivity index (χ1n) is 8.65. The number of rotatable bonds is 3. The van der Waals surface area contributed by atoms with Gasteiger partial charge in [0.05, 0.1) is 17.4 Å². The average Bonchev–Trinajstić information content (AvgIpc) is 3.11. The van der Waals surface area contributed by atoms with E-state index in [9.17, 15) is 9.59 Å². The van der Waals surface area contributed by atoms with Crippen molar-refractivity contribution < 1.29 is 4.79 Å². The van der Waals surface area contributed by atoms with Gasteiger partial charge in [0, 0.05) is 13.2 Å². The number of nitrogens with one attached hydrogen (secondary N) is 1. The van der Waals surface area contributed by atoms with Gasteiger partial charge in [0.25, 0.3) is 11.5 Å². The summed E-state index contributed by atoms with van der Waals surface area (Å²) >= 11 is 0. The maximum absolute atomic E-state index is 12.9. The number of carbonyl (C=O) groups excluding carboxylic acids is 1. The molecule has 0 saturated carbocycles. The highest BCUT2D eigenvalue weighted by atomic mass is 16.2. The smallest absolute Gasteiger partial charge is 0.261 e. The summed E-state index contributed by atoms with van der Waals surface area (Å²) in [6.45, 7) is 0. The first kappa shape index (κ1) is 16.3. The molecule has 26 heavy (non-hydrogen) atoms. The van der Waals surface area contributed by atoms with Crippen LogP contribution < -0.4 is 5.56 Å². The summed E-state index contributed by atoms with van der Waals surface area (Å²) in [7, 11) is 1.77. The normalized spacial score (nSPS) is 15.5. The van der Waals surface area contributed by atoms with Gasteiger partial charge in [-0.25, -0.2) is 0 Å². The van der Waals surface area contributed by atoms with Crippen molar-refractivity contribution in [1.29, 1.82) is 0 Å². The molecule has 3 aromatic rings. The summed E-state index contributed by atoms with van der Waals surface area (Å²) in [4.78, 5) is 34.1. The molecule has 130 valence electrons. The first-order valence-corrected chi connectivity index (χ1v) is 8.65. The number of fused-ring (bicyclic) bond motifs is 1. The van der Waals surface area contributed by atoms with Gasteiger partial charge in [-0.1, -0.05) is 30.3 Å². The van der Waals surface area contributed by atoms with Crippen LogP contribution in [0, 0.1) is 0 Å². The predicted molar refractivity (Wildman–Crippen MR) is 99.9 cm³/mol. The molecule has 0 spiro atoms. The molecular weight excluding hydrogens is 326 g/mol. The molecule has 0 bridgehead atoms. The number of hydrogen-bond acceptors (Lipinski definition) is 3. The number of aryl methyl sites for hydroxylation is 1. The third-order valence-electron chi connectivity index (χ3n) is 4.97. The molecule has 5 heteroatoms. The standard InChI is InChI=1S/C21H19N3O2/c1-24(19-12-9-14-6-2-3-7-15(14)19)21(26)16-10-11-18(23-20(16)25)17-8-4-5-13-22-17/h2-8,10-11,13,19H,9,12H2,1H3,(H,23,25)/t19-/m0/s1. The number of carbonyl (C=O) groups is 1. The Morgan fingerprint density at radius 1 is 1.12 bits per heavy atom. The summed E-state index contributed by atoms with van der Waals surface area (Å²) in [5.41, 5.74) is 3.47. The first-order chi connectivity index (χ1) is 12.6. The summed E-state index contributed by atoms with van der Waals surface area (Å²) in [6.07, 6.45) is 3.50. The topological polar surface area (TPSA) is 66.1 Å². The van der Waals surface area contributed by atoms with Gasteiger partial charge >= 0.3 is 0 Å². The van der Waals surface area contributed by atoms with Gasteiger partial charge in [-0.2, -0.15) is 0 Å². The Morgan fingerprint density at radius 2 is 1.92 bits per heavy atom. The molecule has 0 unspecified atom stereocenters. The molecule has 0 radical (unpaired) electrons. The zero-order valence-electron chi connectivity index (χ0n) is 14.5. The number of hydrogen-bond donors (Lipinski definition) is 1. The van der Waals surface area contributed by atoms with Crippen molar-refractivity contribution in [2.24, 2.45) is 0 Å². The molecule has 4 rings (SSSR count). The third kappa shape index (κ3) is 2.81. The van der Waals surface area contributed by atoms with E-state index in [1.807, 2.05) is 30.3 Å². The molecule has 0 aliphatic heterocycles. The summed E-state index contributed by atoms with van der Waals surface area (Å²) in [5, 5.41) is 0. The van der Waals surface area contributed by atoms with E-state index in [4.69, 9.17) is 0 Å². The number of aromatic amines is 1. The van der Waals surface area contributed by atoms with E-state index < -0.39 is 5.56 Å². The SMILES string of the molecule is CN(C(=O)c1ccc(-c2ccccn2)[nH]c1=O)[C@H]1CCc2ccccc21. The molecule has 1 aliphatic carbocycles. The molecule has 1 atom stereocenters. The van der Waals surface area contributed by atoms with E-state index in [0.29, 0.717) is 11.4 Å². The molecule has 2 heterocycles. The lowest BCUT2D eigenvalue weighted by atomic mass is 10.1. The van der Waals surface area contributed by atoms with Gasteiger partial charge < -0.3 is 9.88 Å². The number of aromatic nitrogens is 2. The fourth-order valence-corrected chi connectivity index (χ4v) is 3.58. The van der Waals surface area contributed by atoms with Crippen LogP contribution in [0.3, 0.4) is 0 Å². The molecule has 0 saturated heterocycles. The number of amides is 1. The van der Waals surface area contributed by atoms with Gasteiger partial charge in [-0.05, 0) is 48.2 Å². The molecular formula is C21H19N3O2. The summed E-state index contributed by atoms with van der Waals surface area (Å²) < 4.78 is 0. The van der Waals surface area contributed by atoms with E-state index in [2.05, 4.69) is 22.1 Å². The molecule has 2 aromatic heterocycles. The van der Waals surface area contributed by atoms with Crippen molar-refractivity contribution >= 4 is 5.91 Å². The highest BCUT2D eigenvalue weighted by molar-refractivity contribution is 5.94. The van der Waals surface area contributed by atoms with Crippen LogP contribution in [-0.2, 0) is 6.42 Å². The van der Waals surface area contributed by atoms with E-state index in [1.54, 1.807) is 30.3 Å². The van der Waals surface area contributed by atoms with E-state index in [1.165, 1.54) is 11.1 Å².